The first kappa shape index (κ1) is 20.8. The normalized spacial score (nSPS) is 15.0. The summed E-state index contributed by atoms with van der Waals surface area (Å²) >= 11 is 5.23. The zero-order valence-electron chi connectivity index (χ0n) is 16.4. The van der Waals surface area contributed by atoms with E-state index in [4.69, 9.17) is 21.7 Å². The largest absolute Gasteiger partial charge is 0.490 e. The fourth-order valence-electron chi connectivity index (χ4n) is 2.94. The first-order valence-corrected chi connectivity index (χ1v) is 9.92. The van der Waals surface area contributed by atoms with Gasteiger partial charge in [-0.15, -0.1) is 0 Å². The number of thiocarbonyl (C=S) groups is 1. The first-order chi connectivity index (χ1) is 14.0. The zero-order valence-corrected chi connectivity index (χ0v) is 17.2. The molecule has 1 N–H and O–H groups in total. The third-order valence-electron chi connectivity index (χ3n) is 4.33. The van der Waals surface area contributed by atoms with Gasteiger partial charge in [-0.1, -0.05) is 31.2 Å². The SMILES string of the molecule is CCCN1C(=O)C(=Cc2ccc(OCc3ccccc3F)c(OCC)c2)NC1=S. The van der Waals surface area contributed by atoms with Crippen LogP contribution in [0.4, 0.5) is 4.39 Å². The second-order valence-corrected chi connectivity index (χ2v) is 6.85. The molecule has 0 atom stereocenters. The summed E-state index contributed by atoms with van der Waals surface area (Å²) in [6, 6.07) is 11.8. The van der Waals surface area contributed by atoms with Crippen molar-refractivity contribution in [2.24, 2.45) is 0 Å². The lowest BCUT2D eigenvalue weighted by molar-refractivity contribution is -0.122. The van der Waals surface area contributed by atoms with Gasteiger partial charge in [0, 0.05) is 12.1 Å². The number of benzene rings is 2. The molecule has 1 aliphatic rings. The second kappa shape index (κ2) is 9.52. The van der Waals surface area contributed by atoms with E-state index in [2.05, 4.69) is 5.32 Å². The molecular formula is C22H23FN2O3S. The molecule has 1 heterocycles. The first-order valence-electron chi connectivity index (χ1n) is 9.51. The highest BCUT2D eigenvalue weighted by Crippen LogP contribution is 2.30. The van der Waals surface area contributed by atoms with Crippen LogP contribution in [0.3, 0.4) is 0 Å². The minimum atomic E-state index is -0.315. The number of hydrogen-bond donors (Lipinski definition) is 1. The number of hydrogen-bond acceptors (Lipinski definition) is 4. The van der Waals surface area contributed by atoms with Gasteiger partial charge in [-0.2, -0.15) is 0 Å². The fraction of sp³-hybridized carbons (Fsp3) is 0.273. The van der Waals surface area contributed by atoms with Crippen LogP contribution >= 0.6 is 12.2 Å². The summed E-state index contributed by atoms with van der Waals surface area (Å²) in [6.45, 7) is 4.98. The Balaban J connectivity index is 1.80. The fourth-order valence-corrected chi connectivity index (χ4v) is 3.22. The van der Waals surface area contributed by atoms with Gasteiger partial charge in [-0.25, -0.2) is 4.39 Å². The summed E-state index contributed by atoms with van der Waals surface area (Å²) in [7, 11) is 0. The average molecular weight is 415 g/mol. The lowest BCUT2D eigenvalue weighted by Gasteiger charge is -2.13. The van der Waals surface area contributed by atoms with E-state index in [1.54, 1.807) is 41.3 Å². The molecule has 0 unspecified atom stereocenters. The quantitative estimate of drug-likeness (QED) is 0.516. The third-order valence-corrected chi connectivity index (χ3v) is 4.65. The Hall–Kier alpha value is -2.93. The molecule has 2 aromatic rings. The maximum absolute atomic E-state index is 13.8. The standard InChI is InChI=1S/C22H23FN2O3S/c1-3-11-25-21(26)18(24-22(25)29)12-15-9-10-19(20(13-15)27-4-2)28-14-16-7-5-6-8-17(16)23/h5-10,12-13H,3-4,11,14H2,1-2H3,(H,24,29). The summed E-state index contributed by atoms with van der Waals surface area (Å²) in [4.78, 5) is 14.0. The number of ether oxygens (including phenoxy) is 2. The molecule has 0 spiro atoms. The van der Waals surface area contributed by atoms with E-state index in [0.29, 0.717) is 41.0 Å². The number of amides is 1. The molecule has 1 aliphatic heterocycles. The van der Waals surface area contributed by atoms with Crippen LogP contribution < -0.4 is 14.8 Å². The predicted octanol–water partition coefficient (Wildman–Crippen LogP) is 4.27. The van der Waals surface area contributed by atoms with Crippen molar-refractivity contribution >= 4 is 29.3 Å². The summed E-state index contributed by atoms with van der Waals surface area (Å²) in [5.74, 6) is 0.572. The molecule has 0 bridgehead atoms. The third kappa shape index (κ3) is 4.92. The van der Waals surface area contributed by atoms with Gasteiger partial charge in [-0.05, 0) is 55.4 Å². The molecule has 0 aliphatic carbocycles. The second-order valence-electron chi connectivity index (χ2n) is 6.46. The Labute approximate surface area is 175 Å². The maximum atomic E-state index is 13.8. The van der Waals surface area contributed by atoms with Crippen LogP contribution in [0.5, 0.6) is 11.5 Å². The van der Waals surface area contributed by atoms with Crippen molar-refractivity contribution in [1.82, 2.24) is 10.2 Å². The number of nitrogens with zero attached hydrogens (tertiary/aromatic N) is 1. The average Bonchev–Trinajstić information content (AvgIpc) is 2.96. The molecule has 3 rings (SSSR count). The molecule has 0 radical (unpaired) electrons. The molecule has 1 fully saturated rings. The van der Waals surface area contributed by atoms with Crippen LogP contribution in [0, 0.1) is 5.82 Å². The van der Waals surface area contributed by atoms with Crippen molar-refractivity contribution in [3.8, 4) is 11.5 Å². The van der Waals surface area contributed by atoms with Gasteiger partial charge in [-0.3, -0.25) is 9.69 Å². The van der Waals surface area contributed by atoms with E-state index in [-0.39, 0.29) is 18.3 Å². The Morgan fingerprint density at radius 2 is 1.93 bits per heavy atom. The summed E-state index contributed by atoms with van der Waals surface area (Å²) < 4.78 is 25.3. The smallest absolute Gasteiger partial charge is 0.276 e. The van der Waals surface area contributed by atoms with Gasteiger partial charge in [0.1, 0.15) is 18.1 Å². The van der Waals surface area contributed by atoms with E-state index < -0.39 is 0 Å². The van der Waals surface area contributed by atoms with Gasteiger partial charge in [0.05, 0.1) is 6.61 Å². The van der Waals surface area contributed by atoms with Crippen molar-refractivity contribution in [3.63, 3.8) is 0 Å². The van der Waals surface area contributed by atoms with Crippen LogP contribution in [0.15, 0.2) is 48.2 Å². The van der Waals surface area contributed by atoms with Crippen molar-refractivity contribution in [2.45, 2.75) is 26.9 Å². The summed E-state index contributed by atoms with van der Waals surface area (Å²) in [6.07, 6.45) is 2.55. The van der Waals surface area contributed by atoms with E-state index >= 15 is 0 Å². The van der Waals surface area contributed by atoms with Gasteiger partial charge in [0.2, 0.25) is 0 Å². The van der Waals surface area contributed by atoms with Crippen LogP contribution in [-0.2, 0) is 11.4 Å². The number of halogens is 1. The zero-order chi connectivity index (χ0) is 20.8. The summed E-state index contributed by atoms with van der Waals surface area (Å²) in [5.41, 5.74) is 1.65. The van der Waals surface area contributed by atoms with E-state index in [1.165, 1.54) is 6.07 Å². The highest BCUT2D eigenvalue weighted by Gasteiger charge is 2.29. The Kier molecular flexibility index (Phi) is 6.82. The Bertz CT molecular complexity index is 945. The van der Waals surface area contributed by atoms with Gasteiger partial charge in [0.15, 0.2) is 16.6 Å². The minimum Gasteiger partial charge on any atom is -0.490 e. The van der Waals surface area contributed by atoms with Gasteiger partial charge in [0.25, 0.3) is 5.91 Å². The number of nitrogens with one attached hydrogen (secondary N) is 1. The van der Waals surface area contributed by atoms with Crippen LogP contribution in [0.1, 0.15) is 31.4 Å². The monoisotopic (exact) mass is 414 g/mol. The Morgan fingerprint density at radius 1 is 1.14 bits per heavy atom. The van der Waals surface area contributed by atoms with Gasteiger partial charge < -0.3 is 14.8 Å². The molecule has 1 saturated heterocycles. The summed E-state index contributed by atoms with van der Waals surface area (Å²) in [5, 5.41) is 3.38. The molecule has 5 nitrogen and oxygen atoms in total. The Morgan fingerprint density at radius 3 is 2.66 bits per heavy atom. The van der Waals surface area contributed by atoms with Crippen LogP contribution in [0.25, 0.3) is 6.08 Å². The van der Waals surface area contributed by atoms with Crippen molar-refractivity contribution in [2.75, 3.05) is 13.2 Å². The molecule has 152 valence electrons. The van der Waals surface area contributed by atoms with Crippen molar-refractivity contribution in [3.05, 3.63) is 65.1 Å². The maximum Gasteiger partial charge on any atom is 0.276 e. The van der Waals surface area contributed by atoms with E-state index in [9.17, 15) is 9.18 Å². The van der Waals surface area contributed by atoms with Gasteiger partial charge >= 0.3 is 0 Å². The molecule has 7 heteroatoms. The highest BCUT2D eigenvalue weighted by molar-refractivity contribution is 7.80. The number of carbonyl (C=O) groups is 1. The lowest BCUT2D eigenvalue weighted by Crippen LogP contribution is -2.31. The number of carbonyl (C=O) groups excluding carboxylic acids is 1. The minimum absolute atomic E-state index is 0.0907. The molecule has 29 heavy (non-hydrogen) atoms. The van der Waals surface area contributed by atoms with Crippen molar-refractivity contribution < 1.29 is 18.7 Å². The molecule has 0 saturated carbocycles. The molecule has 2 aromatic carbocycles. The van der Waals surface area contributed by atoms with Crippen LogP contribution in [0.2, 0.25) is 0 Å². The highest BCUT2D eigenvalue weighted by atomic mass is 32.1. The lowest BCUT2D eigenvalue weighted by atomic mass is 10.1. The van der Waals surface area contributed by atoms with Crippen molar-refractivity contribution in [1.29, 1.82) is 0 Å². The van der Waals surface area contributed by atoms with E-state index in [0.717, 1.165) is 12.0 Å². The number of rotatable bonds is 8. The molecule has 1 amide bonds. The topological polar surface area (TPSA) is 50.8 Å². The van der Waals surface area contributed by atoms with E-state index in [1.807, 2.05) is 19.9 Å². The van der Waals surface area contributed by atoms with Crippen LogP contribution in [-0.4, -0.2) is 29.1 Å². The molecular weight excluding hydrogens is 391 g/mol. The molecule has 0 aromatic heterocycles. The predicted molar refractivity (Wildman–Crippen MR) is 114 cm³/mol.